The molecule has 0 radical (unpaired) electrons. The molecule has 202 valence electrons. The van der Waals surface area contributed by atoms with Crippen LogP contribution in [0.2, 0.25) is 0 Å². The molecular formula is C31H34N4O4. The number of anilines is 2. The van der Waals surface area contributed by atoms with Crippen LogP contribution in [-0.2, 0) is 11.3 Å². The lowest BCUT2D eigenvalue weighted by Gasteiger charge is -2.26. The van der Waals surface area contributed by atoms with Crippen molar-refractivity contribution in [2.45, 2.75) is 20.4 Å². The molecular weight excluding hydrogens is 492 g/mol. The molecule has 0 atom stereocenters. The lowest BCUT2D eigenvalue weighted by molar-refractivity contribution is 0.0336. The maximum atomic E-state index is 13.1. The molecule has 2 N–H and O–H groups in total. The lowest BCUT2D eigenvalue weighted by Crippen LogP contribution is -2.35. The zero-order valence-corrected chi connectivity index (χ0v) is 22.4. The van der Waals surface area contributed by atoms with Gasteiger partial charge in [0.1, 0.15) is 11.5 Å². The van der Waals surface area contributed by atoms with Crippen molar-refractivity contribution >= 4 is 28.2 Å². The van der Waals surface area contributed by atoms with E-state index in [9.17, 15) is 4.79 Å². The molecule has 5 rings (SSSR count). The minimum Gasteiger partial charge on any atom is -0.494 e. The zero-order chi connectivity index (χ0) is 27.0. The van der Waals surface area contributed by atoms with Gasteiger partial charge in [-0.2, -0.15) is 0 Å². The van der Waals surface area contributed by atoms with Crippen molar-refractivity contribution in [1.82, 2.24) is 9.88 Å². The highest BCUT2D eigenvalue weighted by Crippen LogP contribution is 2.34. The van der Waals surface area contributed by atoms with Crippen LogP contribution in [0.5, 0.6) is 11.5 Å². The Morgan fingerprint density at radius 2 is 1.67 bits per heavy atom. The summed E-state index contributed by atoms with van der Waals surface area (Å²) in [4.78, 5) is 20.2. The number of nitrogens with zero attached hydrogens (tertiary/aromatic N) is 2. The summed E-state index contributed by atoms with van der Waals surface area (Å²) in [6.07, 6.45) is 1.93. The number of nitrogens with one attached hydrogen (secondary N) is 2. The van der Waals surface area contributed by atoms with Crippen LogP contribution in [0.1, 0.15) is 19.5 Å². The number of hydrogen-bond donors (Lipinski definition) is 2. The van der Waals surface area contributed by atoms with Crippen molar-refractivity contribution in [2.24, 2.45) is 0 Å². The van der Waals surface area contributed by atoms with E-state index in [4.69, 9.17) is 19.2 Å². The van der Waals surface area contributed by atoms with Gasteiger partial charge in [0.2, 0.25) is 0 Å². The summed E-state index contributed by atoms with van der Waals surface area (Å²) in [6.45, 7) is 9.07. The molecule has 2 heterocycles. The molecule has 0 unspecified atom stereocenters. The summed E-state index contributed by atoms with van der Waals surface area (Å²) < 4.78 is 16.7. The van der Waals surface area contributed by atoms with Gasteiger partial charge in [-0.05, 0) is 49.1 Å². The van der Waals surface area contributed by atoms with E-state index >= 15 is 0 Å². The van der Waals surface area contributed by atoms with Gasteiger partial charge in [-0.3, -0.25) is 9.88 Å². The summed E-state index contributed by atoms with van der Waals surface area (Å²) in [7, 11) is 0. The fourth-order valence-corrected chi connectivity index (χ4v) is 4.75. The normalized spacial score (nSPS) is 13.7. The second-order valence-corrected chi connectivity index (χ2v) is 9.24. The second kappa shape index (κ2) is 12.6. The number of carbonyl (C=O) groups is 1. The van der Waals surface area contributed by atoms with E-state index in [1.807, 2.05) is 56.4 Å². The smallest absolute Gasteiger partial charge is 0.323 e. The minimum atomic E-state index is -0.364. The van der Waals surface area contributed by atoms with Gasteiger partial charge in [-0.25, -0.2) is 4.79 Å². The molecule has 0 aliphatic carbocycles. The molecule has 8 nitrogen and oxygen atoms in total. The average Bonchev–Trinajstić information content (AvgIpc) is 2.96. The summed E-state index contributed by atoms with van der Waals surface area (Å²) >= 11 is 0. The minimum absolute atomic E-state index is 0.364. The number of aromatic nitrogens is 1. The van der Waals surface area contributed by atoms with Crippen molar-refractivity contribution in [3.05, 3.63) is 78.6 Å². The largest absolute Gasteiger partial charge is 0.494 e. The summed E-state index contributed by atoms with van der Waals surface area (Å²) in [5, 5.41) is 7.90. The van der Waals surface area contributed by atoms with E-state index in [-0.39, 0.29) is 6.03 Å². The number of benzene rings is 3. The van der Waals surface area contributed by atoms with Crippen LogP contribution in [0.15, 0.2) is 72.9 Å². The quantitative estimate of drug-likeness (QED) is 0.271. The molecule has 3 aromatic carbocycles. The number of pyridine rings is 1. The standard InChI is InChI=1S/C31H34N4O4/c1-3-38-24-11-14-30(39-4-2)29(19-24)34-31(36)33-28-13-12-25(26-7-5-6-8-27(26)28)22-9-10-23(32-20-22)21-35-15-17-37-18-16-35/h5-14,19-20H,3-4,15-18,21H2,1-2H3,(H2,33,34,36). The van der Waals surface area contributed by atoms with Crippen LogP contribution in [0.4, 0.5) is 16.2 Å². The zero-order valence-electron chi connectivity index (χ0n) is 22.4. The first-order valence-corrected chi connectivity index (χ1v) is 13.4. The summed E-state index contributed by atoms with van der Waals surface area (Å²) in [6, 6.07) is 21.2. The molecule has 4 aromatic rings. The Balaban J connectivity index is 1.35. The first kappa shape index (κ1) is 26.5. The SMILES string of the molecule is CCOc1ccc(OCC)c(NC(=O)Nc2ccc(-c3ccc(CN4CCOCC4)nc3)c3ccccc23)c1. The molecule has 39 heavy (non-hydrogen) atoms. The Labute approximate surface area is 228 Å². The average molecular weight is 527 g/mol. The Hall–Kier alpha value is -4.14. The molecule has 0 bridgehead atoms. The molecule has 0 spiro atoms. The van der Waals surface area contributed by atoms with E-state index < -0.39 is 0 Å². The highest BCUT2D eigenvalue weighted by molar-refractivity contribution is 6.10. The Kier molecular flexibility index (Phi) is 8.55. The van der Waals surface area contributed by atoms with Gasteiger partial charge >= 0.3 is 6.03 Å². The van der Waals surface area contributed by atoms with E-state index in [2.05, 4.69) is 33.7 Å². The van der Waals surface area contributed by atoms with Gasteiger partial charge in [0.15, 0.2) is 0 Å². The second-order valence-electron chi connectivity index (χ2n) is 9.24. The molecule has 1 aromatic heterocycles. The van der Waals surface area contributed by atoms with E-state index in [1.54, 1.807) is 12.1 Å². The molecule has 8 heteroatoms. The first-order valence-electron chi connectivity index (χ1n) is 13.4. The number of carbonyl (C=O) groups excluding carboxylic acids is 1. The third kappa shape index (κ3) is 6.47. The molecule has 1 fully saturated rings. The number of morpholine rings is 1. The number of fused-ring (bicyclic) bond motifs is 1. The molecule has 1 saturated heterocycles. The lowest BCUT2D eigenvalue weighted by atomic mass is 9.98. The van der Waals surface area contributed by atoms with Crippen LogP contribution >= 0.6 is 0 Å². The van der Waals surface area contributed by atoms with Gasteiger partial charge < -0.3 is 24.8 Å². The van der Waals surface area contributed by atoms with Crippen molar-refractivity contribution in [1.29, 1.82) is 0 Å². The highest BCUT2D eigenvalue weighted by atomic mass is 16.5. The molecule has 2 amide bonds. The third-order valence-electron chi connectivity index (χ3n) is 6.61. The molecule has 0 saturated carbocycles. The van der Waals surface area contributed by atoms with Gasteiger partial charge in [0.25, 0.3) is 0 Å². The van der Waals surface area contributed by atoms with Crippen LogP contribution in [0, 0.1) is 0 Å². The predicted octanol–water partition coefficient (Wildman–Crippen LogP) is 6.18. The number of amides is 2. The van der Waals surface area contributed by atoms with Gasteiger partial charge in [0, 0.05) is 42.8 Å². The van der Waals surface area contributed by atoms with Gasteiger partial charge in [-0.15, -0.1) is 0 Å². The number of ether oxygens (including phenoxy) is 3. The maximum Gasteiger partial charge on any atom is 0.323 e. The van der Waals surface area contributed by atoms with Crippen LogP contribution in [0.3, 0.4) is 0 Å². The van der Waals surface area contributed by atoms with E-state index in [0.29, 0.717) is 36.1 Å². The number of urea groups is 1. The Bertz CT molecular complexity index is 1420. The van der Waals surface area contributed by atoms with E-state index in [0.717, 1.165) is 60.4 Å². The Morgan fingerprint density at radius 1 is 0.897 bits per heavy atom. The van der Waals surface area contributed by atoms with Crippen molar-refractivity contribution in [3.8, 4) is 22.6 Å². The monoisotopic (exact) mass is 526 g/mol. The Morgan fingerprint density at radius 3 is 2.41 bits per heavy atom. The highest BCUT2D eigenvalue weighted by Gasteiger charge is 2.15. The summed E-state index contributed by atoms with van der Waals surface area (Å²) in [5.41, 5.74) is 4.39. The number of hydrogen-bond acceptors (Lipinski definition) is 6. The van der Waals surface area contributed by atoms with Gasteiger partial charge in [-0.1, -0.05) is 36.4 Å². The maximum absolute atomic E-state index is 13.1. The topological polar surface area (TPSA) is 85.0 Å². The summed E-state index contributed by atoms with van der Waals surface area (Å²) in [5.74, 6) is 1.25. The molecule has 1 aliphatic heterocycles. The van der Waals surface area contributed by atoms with Crippen molar-refractivity contribution in [3.63, 3.8) is 0 Å². The number of rotatable bonds is 9. The van der Waals surface area contributed by atoms with Crippen LogP contribution < -0.4 is 20.1 Å². The fraction of sp³-hybridized carbons (Fsp3) is 0.290. The first-order chi connectivity index (χ1) is 19.1. The van der Waals surface area contributed by atoms with Gasteiger partial charge in [0.05, 0.1) is 43.5 Å². The predicted molar refractivity (Wildman–Crippen MR) is 155 cm³/mol. The third-order valence-corrected chi connectivity index (χ3v) is 6.61. The fourth-order valence-electron chi connectivity index (χ4n) is 4.75. The molecule has 1 aliphatic rings. The van der Waals surface area contributed by atoms with Crippen LogP contribution in [-0.4, -0.2) is 55.4 Å². The van der Waals surface area contributed by atoms with Crippen molar-refractivity contribution in [2.75, 3.05) is 50.2 Å². The van der Waals surface area contributed by atoms with E-state index in [1.165, 1.54) is 0 Å². The van der Waals surface area contributed by atoms with Crippen LogP contribution in [0.25, 0.3) is 21.9 Å². The van der Waals surface area contributed by atoms with Crippen molar-refractivity contribution < 1.29 is 19.0 Å².